The van der Waals surface area contributed by atoms with Crippen molar-refractivity contribution in [2.45, 2.75) is 25.0 Å². The SMILES string of the molecule is O=C(N[C@@H](Cc1ccccc1)[C@@H]1C=C(Cc2ccccc2)NO1)c1ccccc1. The van der Waals surface area contributed by atoms with Gasteiger partial charge in [-0.05, 0) is 35.8 Å². The molecule has 4 heteroatoms. The van der Waals surface area contributed by atoms with Crippen LogP contribution in [-0.2, 0) is 17.7 Å². The van der Waals surface area contributed by atoms with Crippen molar-refractivity contribution in [3.63, 3.8) is 0 Å². The maximum Gasteiger partial charge on any atom is 0.251 e. The lowest BCUT2D eigenvalue weighted by atomic mass is 9.99. The van der Waals surface area contributed by atoms with E-state index in [0.717, 1.165) is 17.7 Å². The van der Waals surface area contributed by atoms with Crippen molar-refractivity contribution in [2.24, 2.45) is 0 Å². The summed E-state index contributed by atoms with van der Waals surface area (Å²) in [5.41, 5.74) is 7.06. The fourth-order valence-electron chi connectivity index (χ4n) is 3.48. The third-order valence-electron chi connectivity index (χ3n) is 4.98. The van der Waals surface area contributed by atoms with E-state index in [0.29, 0.717) is 12.0 Å². The highest BCUT2D eigenvalue weighted by atomic mass is 16.7. The second kappa shape index (κ2) is 9.22. The summed E-state index contributed by atoms with van der Waals surface area (Å²) in [4.78, 5) is 18.6. The minimum absolute atomic E-state index is 0.0972. The topological polar surface area (TPSA) is 50.4 Å². The van der Waals surface area contributed by atoms with E-state index in [9.17, 15) is 4.79 Å². The summed E-state index contributed by atoms with van der Waals surface area (Å²) in [6.45, 7) is 0. The summed E-state index contributed by atoms with van der Waals surface area (Å²) in [6.07, 6.45) is 3.27. The predicted molar refractivity (Wildman–Crippen MR) is 114 cm³/mol. The summed E-state index contributed by atoms with van der Waals surface area (Å²) < 4.78 is 0. The minimum atomic E-state index is -0.249. The van der Waals surface area contributed by atoms with Crippen molar-refractivity contribution in [3.05, 3.63) is 119 Å². The molecule has 0 spiro atoms. The van der Waals surface area contributed by atoms with Crippen molar-refractivity contribution in [1.29, 1.82) is 0 Å². The van der Waals surface area contributed by atoms with E-state index in [-0.39, 0.29) is 18.1 Å². The number of amides is 1. The summed E-state index contributed by atoms with van der Waals surface area (Å²) in [5, 5.41) is 3.16. The van der Waals surface area contributed by atoms with Crippen LogP contribution in [0, 0.1) is 0 Å². The summed E-state index contributed by atoms with van der Waals surface area (Å²) in [5.74, 6) is -0.0972. The lowest BCUT2D eigenvalue weighted by Crippen LogP contribution is -2.45. The molecule has 1 aliphatic rings. The lowest BCUT2D eigenvalue weighted by Gasteiger charge is -2.23. The first-order valence-corrected chi connectivity index (χ1v) is 9.84. The number of hydrogen-bond donors (Lipinski definition) is 2. The zero-order valence-electron chi connectivity index (χ0n) is 16.1. The van der Waals surface area contributed by atoms with Gasteiger partial charge in [0.1, 0.15) is 6.10 Å². The molecule has 0 aromatic heterocycles. The predicted octanol–water partition coefficient (Wildman–Crippen LogP) is 4.06. The van der Waals surface area contributed by atoms with E-state index in [2.05, 4.69) is 41.1 Å². The maximum absolute atomic E-state index is 12.8. The second-order valence-corrected chi connectivity index (χ2v) is 7.17. The van der Waals surface area contributed by atoms with E-state index >= 15 is 0 Å². The van der Waals surface area contributed by atoms with Crippen LogP contribution < -0.4 is 10.8 Å². The van der Waals surface area contributed by atoms with Gasteiger partial charge >= 0.3 is 0 Å². The zero-order valence-corrected chi connectivity index (χ0v) is 16.1. The number of carbonyl (C=O) groups excluding carboxylic acids is 1. The van der Waals surface area contributed by atoms with Gasteiger partial charge in [-0.15, -0.1) is 0 Å². The minimum Gasteiger partial charge on any atom is -0.346 e. The molecule has 1 aliphatic heterocycles. The van der Waals surface area contributed by atoms with Gasteiger partial charge in [-0.2, -0.15) is 0 Å². The molecule has 2 atom stereocenters. The third kappa shape index (κ3) is 5.12. The van der Waals surface area contributed by atoms with Gasteiger partial charge in [0, 0.05) is 17.7 Å². The van der Waals surface area contributed by atoms with Gasteiger partial charge in [0.2, 0.25) is 0 Å². The van der Waals surface area contributed by atoms with Crippen LogP contribution >= 0.6 is 0 Å². The Morgan fingerprint density at radius 3 is 2.10 bits per heavy atom. The quantitative estimate of drug-likeness (QED) is 0.646. The molecule has 0 radical (unpaired) electrons. The molecule has 4 nitrogen and oxygen atoms in total. The molecular weight excluding hydrogens is 360 g/mol. The van der Waals surface area contributed by atoms with Crippen molar-refractivity contribution in [2.75, 3.05) is 0 Å². The molecule has 1 heterocycles. The molecule has 0 saturated carbocycles. The summed E-state index contributed by atoms with van der Waals surface area (Å²) in [6, 6.07) is 29.5. The molecule has 3 aromatic carbocycles. The summed E-state index contributed by atoms with van der Waals surface area (Å²) >= 11 is 0. The van der Waals surface area contributed by atoms with Gasteiger partial charge in [0.15, 0.2) is 0 Å². The second-order valence-electron chi connectivity index (χ2n) is 7.17. The van der Waals surface area contributed by atoms with Crippen molar-refractivity contribution in [1.82, 2.24) is 10.8 Å². The zero-order chi connectivity index (χ0) is 19.9. The van der Waals surface area contributed by atoms with Gasteiger partial charge in [-0.1, -0.05) is 78.9 Å². The third-order valence-corrected chi connectivity index (χ3v) is 4.98. The molecule has 3 aromatic rings. The van der Waals surface area contributed by atoms with Gasteiger partial charge in [-0.25, -0.2) is 0 Å². The van der Waals surface area contributed by atoms with Crippen LogP contribution in [0.5, 0.6) is 0 Å². The highest BCUT2D eigenvalue weighted by Gasteiger charge is 2.28. The van der Waals surface area contributed by atoms with Crippen LogP contribution in [0.25, 0.3) is 0 Å². The molecular formula is C25H24N2O2. The fraction of sp³-hybridized carbons (Fsp3) is 0.160. The van der Waals surface area contributed by atoms with Crippen molar-refractivity contribution in [3.8, 4) is 0 Å². The van der Waals surface area contributed by atoms with E-state index in [1.54, 1.807) is 0 Å². The van der Waals surface area contributed by atoms with Gasteiger partial charge in [0.25, 0.3) is 5.91 Å². The van der Waals surface area contributed by atoms with E-state index in [4.69, 9.17) is 4.84 Å². The van der Waals surface area contributed by atoms with Crippen LogP contribution in [0.15, 0.2) is 103 Å². The molecule has 0 aliphatic carbocycles. The smallest absolute Gasteiger partial charge is 0.251 e. The van der Waals surface area contributed by atoms with Crippen molar-refractivity contribution >= 4 is 5.91 Å². The Balaban J connectivity index is 1.51. The van der Waals surface area contributed by atoms with Gasteiger partial charge < -0.3 is 5.32 Å². The normalized spacial score (nSPS) is 16.6. The first-order chi connectivity index (χ1) is 14.3. The number of benzene rings is 3. The van der Waals surface area contributed by atoms with Gasteiger partial charge in [0.05, 0.1) is 6.04 Å². The molecule has 2 N–H and O–H groups in total. The molecule has 1 amide bonds. The molecule has 0 bridgehead atoms. The summed E-state index contributed by atoms with van der Waals surface area (Å²) in [7, 11) is 0. The average molecular weight is 384 g/mol. The van der Waals surface area contributed by atoms with Crippen LogP contribution in [0.2, 0.25) is 0 Å². The maximum atomic E-state index is 12.8. The van der Waals surface area contributed by atoms with E-state index in [1.165, 1.54) is 5.56 Å². The number of allylic oxidation sites excluding steroid dienone is 1. The Morgan fingerprint density at radius 2 is 1.45 bits per heavy atom. The molecule has 0 unspecified atom stereocenters. The Kier molecular flexibility index (Phi) is 6.03. The Hall–Kier alpha value is -3.37. The highest BCUT2D eigenvalue weighted by molar-refractivity contribution is 5.94. The average Bonchev–Trinajstić information content (AvgIpc) is 3.24. The number of carbonyl (C=O) groups is 1. The molecule has 4 rings (SSSR count). The molecule has 146 valence electrons. The molecule has 29 heavy (non-hydrogen) atoms. The number of rotatable bonds is 7. The Bertz CT molecular complexity index is 956. The number of hydroxylamine groups is 1. The first-order valence-electron chi connectivity index (χ1n) is 9.84. The van der Waals surface area contributed by atoms with Crippen LogP contribution in [-0.4, -0.2) is 18.1 Å². The Morgan fingerprint density at radius 1 is 0.862 bits per heavy atom. The number of hydrogen-bond acceptors (Lipinski definition) is 3. The van der Waals surface area contributed by atoms with Crippen LogP contribution in [0.1, 0.15) is 21.5 Å². The van der Waals surface area contributed by atoms with Crippen LogP contribution in [0.3, 0.4) is 0 Å². The van der Waals surface area contributed by atoms with Crippen molar-refractivity contribution < 1.29 is 9.63 Å². The molecule has 0 fully saturated rings. The van der Waals surface area contributed by atoms with E-state index < -0.39 is 0 Å². The molecule has 0 saturated heterocycles. The Labute approximate surface area is 171 Å². The number of nitrogens with one attached hydrogen (secondary N) is 2. The largest absolute Gasteiger partial charge is 0.346 e. The lowest BCUT2D eigenvalue weighted by molar-refractivity contribution is 0.0201. The monoisotopic (exact) mass is 384 g/mol. The van der Waals surface area contributed by atoms with Gasteiger partial charge in [-0.3, -0.25) is 15.1 Å². The first kappa shape index (κ1) is 19.0. The fourth-order valence-corrected chi connectivity index (χ4v) is 3.48. The standard InChI is InChI=1S/C25H24N2O2/c28-25(21-14-8-3-9-15-21)26-23(17-20-12-6-2-7-13-20)24-18-22(27-29-24)16-19-10-4-1-5-11-19/h1-15,18,23-24,27H,16-17H2,(H,26,28)/t23-,24-/m0/s1. The highest BCUT2D eigenvalue weighted by Crippen LogP contribution is 2.18. The van der Waals surface area contributed by atoms with Crippen LogP contribution in [0.4, 0.5) is 0 Å². The van der Waals surface area contributed by atoms with E-state index in [1.807, 2.05) is 66.7 Å².